The maximum atomic E-state index is 16.0. The van der Waals surface area contributed by atoms with Gasteiger partial charge in [0, 0.05) is 0 Å². The highest BCUT2D eigenvalue weighted by molar-refractivity contribution is 6.25. The lowest BCUT2D eigenvalue weighted by Gasteiger charge is -2.59. The van der Waals surface area contributed by atoms with Crippen molar-refractivity contribution < 1.29 is 19.2 Å². The zero-order chi connectivity index (χ0) is 37.3. The van der Waals surface area contributed by atoms with Crippen LogP contribution in [-0.4, -0.2) is 23.6 Å². The van der Waals surface area contributed by atoms with Gasteiger partial charge in [0.1, 0.15) is 0 Å². The van der Waals surface area contributed by atoms with Gasteiger partial charge in [-0.1, -0.05) is 12.1 Å². The van der Waals surface area contributed by atoms with Crippen LogP contribution in [0.1, 0.15) is 154 Å². The Morgan fingerprint density at radius 2 is 0.482 bits per heavy atom. The average Bonchev–Trinajstić information content (AvgIpc) is 3.13. The molecule has 16 bridgehead atoms. The number of imide groups is 2. The SMILES string of the molecule is O=C(N(C(=O)C12CC3CC(CC(C3)C1)C2)c1ccccc1N(C(=O)C12CC3CC(CC(C3)C1)C2)C(=O)C12CC3CC(CC(C3)C1)C2)C12CC3CC(CC(C3)C1)C2. The lowest BCUT2D eigenvalue weighted by molar-refractivity contribution is -0.154. The minimum absolute atomic E-state index is 0.0225. The van der Waals surface area contributed by atoms with Crippen molar-refractivity contribution in [2.45, 2.75) is 154 Å². The number of rotatable bonds is 6. The molecule has 16 saturated carbocycles. The van der Waals surface area contributed by atoms with Gasteiger partial charge >= 0.3 is 0 Å². The lowest BCUT2D eigenvalue weighted by atomic mass is 9.48. The molecule has 4 amide bonds. The van der Waals surface area contributed by atoms with E-state index in [1.807, 2.05) is 24.3 Å². The number of hydrogen-bond donors (Lipinski definition) is 0. The smallest absolute Gasteiger partial charge is 0.240 e. The summed E-state index contributed by atoms with van der Waals surface area (Å²) in [6.07, 6.45) is 25.6. The summed E-state index contributed by atoms with van der Waals surface area (Å²) in [5.41, 5.74) is -0.941. The molecule has 0 N–H and O–H groups in total. The molecule has 17 rings (SSSR count). The summed E-state index contributed by atoms with van der Waals surface area (Å²) < 4.78 is 0. The zero-order valence-electron chi connectivity index (χ0n) is 33.7. The minimum atomic E-state index is -0.515. The molecule has 1 aromatic rings. The maximum Gasteiger partial charge on any atom is 0.240 e. The molecular formula is C50H64N2O4. The third kappa shape index (κ3) is 4.85. The van der Waals surface area contributed by atoms with Crippen molar-refractivity contribution in [3.63, 3.8) is 0 Å². The predicted octanol–water partition coefficient (Wildman–Crippen LogP) is 10.3. The quantitative estimate of drug-likeness (QED) is 0.271. The van der Waals surface area contributed by atoms with Crippen LogP contribution < -0.4 is 9.80 Å². The summed E-state index contributed by atoms with van der Waals surface area (Å²) in [7, 11) is 0. The van der Waals surface area contributed by atoms with E-state index >= 15 is 19.2 Å². The lowest BCUT2D eigenvalue weighted by Crippen LogP contribution is -2.62. The maximum absolute atomic E-state index is 16.0. The molecule has 6 heteroatoms. The first kappa shape index (κ1) is 34.4. The van der Waals surface area contributed by atoms with Crippen LogP contribution in [0.5, 0.6) is 0 Å². The molecule has 0 aromatic heterocycles. The summed E-state index contributed by atoms with van der Waals surface area (Å²) in [5.74, 6) is 6.97. The third-order valence-corrected chi connectivity index (χ3v) is 20.1. The first-order valence-electron chi connectivity index (χ1n) is 23.9. The van der Waals surface area contributed by atoms with Gasteiger partial charge in [-0.2, -0.15) is 0 Å². The number of benzene rings is 1. The Balaban J connectivity index is 0.966. The van der Waals surface area contributed by atoms with E-state index in [0.29, 0.717) is 82.4 Å². The highest BCUT2D eigenvalue weighted by Gasteiger charge is 2.64. The van der Waals surface area contributed by atoms with E-state index in [2.05, 4.69) is 0 Å². The van der Waals surface area contributed by atoms with Crippen LogP contribution in [0.2, 0.25) is 0 Å². The molecule has 16 fully saturated rings. The summed E-state index contributed by atoms with van der Waals surface area (Å²) in [5, 5.41) is 0. The van der Waals surface area contributed by atoms with Crippen molar-refractivity contribution in [3.8, 4) is 0 Å². The summed E-state index contributed by atoms with van der Waals surface area (Å²) in [6, 6.07) is 7.93. The van der Waals surface area contributed by atoms with Crippen LogP contribution in [0.15, 0.2) is 24.3 Å². The van der Waals surface area contributed by atoms with Crippen LogP contribution in [0.25, 0.3) is 0 Å². The van der Waals surface area contributed by atoms with Gasteiger partial charge in [0.2, 0.25) is 23.6 Å². The fraction of sp³-hybridized carbons (Fsp3) is 0.800. The van der Waals surface area contributed by atoms with Crippen molar-refractivity contribution in [1.82, 2.24) is 0 Å². The number of anilines is 2. The Morgan fingerprint density at radius 3 is 0.643 bits per heavy atom. The second-order valence-corrected chi connectivity index (χ2v) is 24.2. The molecule has 0 unspecified atom stereocenters. The van der Waals surface area contributed by atoms with Crippen LogP contribution in [-0.2, 0) is 19.2 Å². The van der Waals surface area contributed by atoms with Crippen molar-refractivity contribution in [2.75, 3.05) is 9.80 Å². The third-order valence-electron chi connectivity index (χ3n) is 20.1. The highest BCUT2D eigenvalue weighted by atomic mass is 16.2. The number of nitrogens with zero attached hydrogens (tertiary/aromatic N) is 2. The molecule has 0 spiro atoms. The standard InChI is InChI=1S/C50H64N2O4/c53-43(47-17-29-5-30(18-47)7-31(6-29)19-47)51(44(54)48-20-32-8-33(21-48)10-34(9-32)22-48)41-3-1-2-4-42(41)52(45(55)49-23-35-11-36(24-49)13-37(12-35)25-49)46(56)50-26-38-14-39(27-50)16-40(15-38)28-50/h1-4,29-40H,5-28H2. The van der Waals surface area contributed by atoms with E-state index in [-0.39, 0.29) is 23.6 Å². The average molecular weight is 757 g/mol. The number of para-hydroxylation sites is 2. The van der Waals surface area contributed by atoms with Crippen molar-refractivity contribution in [2.24, 2.45) is 92.7 Å². The van der Waals surface area contributed by atoms with Crippen molar-refractivity contribution in [1.29, 1.82) is 0 Å². The van der Waals surface area contributed by atoms with E-state index in [4.69, 9.17) is 0 Å². The zero-order valence-corrected chi connectivity index (χ0v) is 33.7. The Labute approximate surface area is 334 Å². The summed E-state index contributed by atoms with van der Waals surface area (Å²) >= 11 is 0. The first-order valence-corrected chi connectivity index (χ1v) is 23.9. The molecule has 298 valence electrons. The Bertz CT molecular complexity index is 1520. The van der Waals surface area contributed by atoms with Gasteiger partial charge in [-0.05, 0) is 237 Å². The van der Waals surface area contributed by atoms with Crippen molar-refractivity contribution >= 4 is 35.0 Å². The monoisotopic (exact) mass is 756 g/mol. The van der Waals surface area contributed by atoms with Crippen LogP contribution >= 0.6 is 0 Å². The van der Waals surface area contributed by atoms with Gasteiger partial charge in [0.25, 0.3) is 0 Å². The minimum Gasteiger partial charge on any atom is -0.273 e. The van der Waals surface area contributed by atoms with Crippen LogP contribution in [0.3, 0.4) is 0 Å². The van der Waals surface area contributed by atoms with Gasteiger partial charge in [0.15, 0.2) is 0 Å². The Morgan fingerprint density at radius 1 is 0.321 bits per heavy atom. The predicted molar refractivity (Wildman–Crippen MR) is 214 cm³/mol. The fourth-order valence-electron chi connectivity index (χ4n) is 19.9. The van der Waals surface area contributed by atoms with E-state index in [1.54, 1.807) is 9.80 Å². The largest absolute Gasteiger partial charge is 0.273 e. The second-order valence-electron chi connectivity index (χ2n) is 24.2. The molecule has 0 heterocycles. The molecule has 16 aliphatic carbocycles. The van der Waals surface area contributed by atoms with Gasteiger partial charge < -0.3 is 0 Å². The molecule has 56 heavy (non-hydrogen) atoms. The Kier molecular flexibility index (Phi) is 7.13. The molecule has 1 aromatic carbocycles. The number of carbonyl (C=O) groups is 4. The normalized spacial score (nSPS) is 50.4. The van der Waals surface area contributed by atoms with Crippen molar-refractivity contribution in [3.05, 3.63) is 24.3 Å². The number of hydrogen-bond acceptors (Lipinski definition) is 4. The van der Waals surface area contributed by atoms with E-state index in [9.17, 15) is 0 Å². The molecule has 0 saturated heterocycles. The van der Waals surface area contributed by atoms with Gasteiger partial charge in [-0.15, -0.1) is 0 Å². The van der Waals surface area contributed by atoms with Crippen LogP contribution in [0.4, 0.5) is 11.4 Å². The highest BCUT2D eigenvalue weighted by Crippen LogP contribution is 2.66. The Hall–Kier alpha value is -2.50. The molecule has 0 atom stereocenters. The second kappa shape index (κ2) is 11.6. The van der Waals surface area contributed by atoms with E-state index in [1.165, 1.54) is 77.0 Å². The number of amides is 4. The molecule has 0 aliphatic heterocycles. The molecule has 0 radical (unpaired) electrons. The summed E-state index contributed by atoms with van der Waals surface area (Å²) in [6.45, 7) is 0. The fourth-order valence-corrected chi connectivity index (χ4v) is 19.9. The number of carbonyl (C=O) groups excluding carboxylic acids is 4. The topological polar surface area (TPSA) is 74.8 Å². The summed E-state index contributed by atoms with van der Waals surface area (Å²) in [4.78, 5) is 67.5. The molecular weight excluding hydrogens is 693 g/mol. The van der Waals surface area contributed by atoms with E-state index < -0.39 is 21.7 Å². The first-order chi connectivity index (χ1) is 27.1. The van der Waals surface area contributed by atoms with Gasteiger partial charge in [0.05, 0.1) is 33.0 Å². The van der Waals surface area contributed by atoms with Gasteiger partial charge in [-0.25, -0.2) is 9.80 Å². The molecule has 16 aliphatic rings. The van der Waals surface area contributed by atoms with Gasteiger partial charge in [-0.3, -0.25) is 19.2 Å². The van der Waals surface area contributed by atoms with Crippen LogP contribution in [0, 0.1) is 92.7 Å². The van der Waals surface area contributed by atoms with E-state index in [0.717, 1.165) is 77.0 Å². The molecule has 6 nitrogen and oxygen atoms in total.